The monoisotopic (exact) mass is 1170 g/mol. The van der Waals surface area contributed by atoms with E-state index in [2.05, 4.69) is 15.0 Å². The minimum absolute atomic E-state index is 0.0278. The summed E-state index contributed by atoms with van der Waals surface area (Å²) in [6.07, 6.45) is 3.82. The molecule has 0 spiro atoms. The first kappa shape index (κ1) is 56.8. The molecule has 8 aromatic rings. The van der Waals surface area contributed by atoms with Crippen LogP contribution in [0.4, 0.5) is 65.9 Å². The molecule has 0 unspecified atom stereocenters. The third-order valence-corrected chi connectivity index (χ3v) is 15.1. The number of hydrogen-bond donors (Lipinski definition) is 3. The summed E-state index contributed by atoms with van der Waals surface area (Å²) in [6.45, 7) is 14.8. The molecule has 0 amide bonds. The molecule has 430 valence electrons. The molecule has 8 bridgehead atoms. The van der Waals surface area contributed by atoms with Crippen molar-refractivity contribution in [3.63, 3.8) is 0 Å². The highest BCUT2D eigenvalue weighted by molar-refractivity contribution is 6.02. The Morgan fingerprint density at radius 2 is 0.702 bits per heavy atom. The van der Waals surface area contributed by atoms with Gasteiger partial charge in [0.25, 0.3) is 0 Å². The Kier molecular flexibility index (Phi) is 13.0. The number of carbonyl (C=O) groups is 1. The number of carboxylic acid groups (broad SMARTS) is 1. The lowest BCUT2D eigenvalue weighted by atomic mass is 9.70. The Morgan fingerprint density at radius 1 is 0.417 bits per heavy atom. The summed E-state index contributed by atoms with van der Waals surface area (Å²) in [4.78, 5) is 27.6. The fraction of sp³-hybridized carbons (Fsp3) is 0.177. The van der Waals surface area contributed by atoms with Crippen LogP contribution in [0, 0.1) is 87.3 Å². The number of nitrogens with zero attached hydrogens (tertiary/aromatic N) is 2. The van der Waals surface area contributed by atoms with E-state index >= 15 is 52.7 Å². The van der Waals surface area contributed by atoms with Crippen LogP contribution in [-0.4, -0.2) is 31.0 Å². The van der Waals surface area contributed by atoms with Crippen molar-refractivity contribution in [2.24, 2.45) is 0 Å². The molecule has 84 heavy (non-hydrogen) atoms. The summed E-state index contributed by atoms with van der Waals surface area (Å²) in [6, 6.07) is 10.6. The van der Waals surface area contributed by atoms with E-state index in [9.17, 15) is 23.1 Å². The van der Waals surface area contributed by atoms with Crippen molar-refractivity contribution in [2.45, 2.75) is 71.6 Å². The van der Waals surface area contributed by atoms with Crippen molar-refractivity contribution < 1.29 is 80.5 Å². The van der Waals surface area contributed by atoms with Gasteiger partial charge in [-0.15, -0.1) is 0 Å². The summed E-state index contributed by atoms with van der Waals surface area (Å²) in [5.41, 5.74) is -13.8. The van der Waals surface area contributed by atoms with E-state index in [1.54, 1.807) is 19.9 Å². The van der Waals surface area contributed by atoms with Crippen LogP contribution in [0.5, 0.6) is 11.5 Å². The number of H-pyrrole nitrogens is 2. The molecule has 0 radical (unpaired) electrons. The third-order valence-electron chi connectivity index (χ3n) is 15.1. The summed E-state index contributed by atoms with van der Waals surface area (Å²) in [5, 5.41) is 10.8. The number of benzene rings is 5. The highest BCUT2D eigenvalue weighted by Gasteiger charge is 2.42. The molecule has 0 fully saturated rings. The van der Waals surface area contributed by atoms with Crippen LogP contribution in [0.25, 0.3) is 90.9 Å². The zero-order valence-corrected chi connectivity index (χ0v) is 44.8. The normalized spacial score (nSPS) is 13.6. The van der Waals surface area contributed by atoms with E-state index in [-0.39, 0.29) is 39.4 Å². The molecule has 0 saturated heterocycles. The lowest BCUT2D eigenvalue weighted by molar-refractivity contribution is 0.0693. The van der Waals surface area contributed by atoms with Gasteiger partial charge in [0.05, 0.1) is 39.5 Å². The number of aromatic nitrogens is 4. The number of nitrogens with one attached hydrogen (secondary N) is 2. The van der Waals surface area contributed by atoms with Gasteiger partial charge in [0.15, 0.2) is 69.8 Å². The largest absolute Gasteiger partial charge is 0.478 e. The van der Waals surface area contributed by atoms with Gasteiger partial charge in [-0.25, -0.2) is 80.6 Å². The van der Waals surface area contributed by atoms with Crippen molar-refractivity contribution in [1.82, 2.24) is 19.9 Å². The minimum Gasteiger partial charge on any atom is -0.478 e. The van der Waals surface area contributed by atoms with Gasteiger partial charge in [0.1, 0.15) is 17.1 Å². The number of aromatic carboxylic acids is 1. The lowest BCUT2D eigenvalue weighted by Crippen LogP contribution is -2.28. The fourth-order valence-electron chi connectivity index (χ4n) is 10.6. The van der Waals surface area contributed by atoms with Crippen LogP contribution < -0.4 is 4.74 Å². The van der Waals surface area contributed by atoms with E-state index in [4.69, 9.17) is 9.72 Å². The zero-order valence-electron chi connectivity index (χ0n) is 44.8. The van der Waals surface area contributed by atoms with Crippen molar-refractivity contribution >= 4 is 52.3 Å². The van der Waals surface area contributed by atoms with Gasteiger partial charge in [-0.05, 0) is 82.7 Å². The molecule has 7 nitrogen and oxygen atoms in total. The molecule has 0 aliphatic carbocycles. The average molecular weight is 1170 g/mol. The number of hydrogen-bond acceptors (Lipinski definition) is 4. The number of carboxylic acids is 1. The van der Waals surface area contributed by atoms with Crippen LogP contribution in [0.15, 0.2) is 48.5 Å². The summed E-state index contributed by atoms with van der Waals surface area (Å²) in [5.74, 6) is -38.9. The molecule has 3 aliphatic rings. The van der Waals surface area contributed by atoms with Crippen LogP contribution in [-0.2, 0) is 16.2 Å². The fourth-order valence-corrected chi connectivity index (χ4v) is 10.6. The number of ether oxygens (including phenoxy) is 1. The Hall–Kier alpha value is -9.08. The standard InChI is InChI=1S/C62H39F15N4O3/c1-60(2,3)21-17-23(57-25(19-21)62(7,8)26-20-22(61(4,5)6)18-24(59(82)83)58(26)84-57)35-27-9-11-29(78-27)36(39-42(63)48(69)54(75)49(70)43(39)64)31-13-15-33(80-31)38(41-46(67)52(73)56(77)53(74)47(41)68)34-16-14-32(81-34)37(30-12-10-28(35)79-30)40-44(65)50(71)55(76)51(72)45(40)66/h9-20,78,81H,1-8H3,(H,82,83). The predicted molar refractivity (Wildman–Crippen MR) is 283 cm³/mol. The van der Waals surface area contributed by atoms with Crippen LogP contribution in [0.2, 0.25) is 0 Å². The van der Waals surface area contributed by atoms with Crippen LogP contribution in [0.1, 0.15) is 111 Å². The second kappa shape index (κ2) is 19.2. The lowest BCUT2D eigenvalue weighted by Gasteiger charge is -2.38. The van der Waals surface area contributed by atoms with Gasteiger partial charge in [-0.2, -0.15) is 0 Å². The first-order chi connectivity index (χ1) is 39.3. The van der Waals surface area contributed by atoms with Crippen molar-refractivity contribution in [3.05, 3.63) is 186 Å². The molecule has 3 N–H and O–H groups in total. The van der Waals surface area contributed by atoms with Gasteiger partial charge in [0, 0.05) is 66.4 Å². The first-order valence-corrected chi connectivity index (χ1v) is 25.3. The SMILES string of the molecule is CC(C)(C)c1cc(C(=O)O)c2c(c1)C(C)(C)c1cc(C(C)(C)C)cc(-c3c4nc(c(-c5c(F)c(F)c(F)c(F)c5F)c5ccc([nH]5)c(-c5c(F)c(F)c(F)c(F)c5F)c5nc(c(-c6c(F)c(F)c(F)c(F)c6F)c6ccc3[nH]6)C=C5)C=C4)c1O2. The van der Waals surface area contributed by atoms with E-state index in [1.807, 2.05) is 53.7 Å². The van der Waals surface area contributed by atoms with E-state index in [1.165, 1.54) is 18.2 Å². The van der Waals surface area contributed by atoms with Gasteiger partial charge in [0.2, 0.25) is 17.5 Å². The summed E-state index contributed by atoms with van der Waals surface area (Å²) in [7, 11) is 0. The third kappa shape index (κ3) is 8.48. The maximum atomic E-state index is 16.4. The average Bonchev–Trinajstić information content (AvgIpc) is 1.09. The Bertz CT molecular complexity index is 4410. The second-order valence-corrected chi connectivity index (χ2v) is 22.7. The first-order valence-electron chi connectivity index (χ1n) is 25.3. The maximum absolute atomic E-state index is 16.4. The van der Waals surface area contributed by atoms with Gasteiger partial charge >= 0.3 is 5.97 Å². The van der Waals surface area contributed by atoms with Crippen molar-refractivity contribution in [1.29, 1.82) is 0 Å². The van der Waals surface area contributed by atoms with Gasteiger partial charge < -0.3 is 19.8 Å². The molecular formula is C62H39F15N4O3. The van der Waals surface area contributed by atoms with Crippen molar-refractivity contribution in [2.75, 3.05) is 0 Å². The predicted octanol–water partition coefficient (Wildman–Crippen LogP) is 18.1. The summed E-state index contributed by atoms with van der Waals surface area (Å²) >= 11 is 0. The maximum Gasteiger partial charge on any atom is 0.339 e. The molecule has 22 heteroatoms. The molecule has 11 rings (SSSR count). The number of rotatable bonds is 5. The smallest absolute Gasteiger partial charge is 0.339 e. The molecule has 0 atom stereocenters. The quantitative estimate of drug-likeness (QED) is 0.0905. The molecule has 0 saturated carbocycles. The number of aromatic amines is 2. The van der Waals surface area contributed by atoms with Crippen LogP contribution >= 0.6 is 0 Å². The van der Waals surface area contributed by atoms with Gasteiger partial charge in [-0.3, -0.25) is 0 Å². The van der Waals surface area contributed by atoms with E-state index in [0.29, 0.717) is 22.3 Å². The topological polar surface area (TPSA) is 104 Å². The number of fused-ring (bicyclic) bond motifs is 10. The number of halogens is 15. The molecule has 5 aromatic carbocycles. The minimum atomic E-state index is -2.64. The Labute approximate surface area is 465 Å². The summed E-state index contributed by atoms with van der Waals surface area (Å²) < 4.78 is 241. The highest BCUT2D eigenvalue weighted by atomic mass is 19.2. The van der Waals surface area contributed by atoms with Crippen molar-refractivity contribution in [3.8, 4) is 56.0 Å². The molecular weight excluding hydrogens is 1130 g/mol. The molecule has 3 aliphatic heterocycles. The highest BCUT2D eigenvalue weighted by Crippen LogP contribution is 2.56. The zero-order chi connectivity index (χ0) is 61.0. The van der Waals surface area contributed by atoms with Gasteiger partial charge in [-0.1, -0.05) is 67.5 Å². The van der Waals surface area contributed by atoms with Crippen LogP contribution in [0.3, 0.4) is 0 Å². The Balaban J connectivity index is 1.39. The van der Waals surface area contributed by atoms with E-state index < -0.39 is 176 Å². The molecule has 3 aromatic heterocycles. The second-order valence-electron chi connectivity index (χ2n) is 22.7. The Morgan fingerprint density at radius 3 is 1.02 bits per heavy atom. The molecule has 6 heterocycles. The van der Waals surface area contributed by atoms with E-state index in [0.717, 1.165) is 36.4 Å².